The number of oxime groups is 2. The van der Waals surface area contributed by atoms with Crippen LogP contribution in [0.2, 0.25) is 0 Å². The Labute approximate surface area is 506 Å². The van der Waals surface area contributed by atoms with E-state index in [9.17, 15) is 53.6 Å². The molecule has 0 rings (SSSR count). The van der Waals surface area contributed by atoms with Crippen LogP contribution in [0.25, 0.3) is 0 Å². The Morgan fingerprint density at radius 2 is 0.779 bits per heavy atom. The molecule has 0 unspecified atom stereocenters. The van der Waals surface area contributed by atoms with E-state index < -0.39 is 22.9 Å². The van der Waals surface area contributed by atoms with E-state index in [0.717, 1.165) is 0 Å². The maximum atomic E-state index is 12.9. The van der Waals surface area contributed by atoms with Crippen molar-refractivity contribution in [2.75, 3.05) is 152 Å². The Morgan fingerprint density at radius 3 is 1.17 bits per heavy atom. The van der Waals surface area contributed by atoms with Gasteiger partial charge in [-0.3, -0.25) is 43.2 Å². The number of Topliss-reactive ketones (excluding diaryl/α,β-unsaturated/α-hetero) is 2. The van der Waals surface area contributed by atoms with Crippen molar-refractivity contribution in [2.45, 2.75) is 136 Å². The first-order valence-corrected chi connectivity index (χ1v) is 29.5. The van der Waals surface area contributed by atoms with Crippen molar-refractivity contribution in [1.29, 1.82) is 0 Å². The van der Waals surface area contributed by atoms with Crippen LogP contribution in [-0.2, 0) is 81.0 Å². The molecule has 30 heteroatoms. The molecule has 0 aliphatic carbocycles. The number of ketones is 2. The second kappa shape index (κ2) is 51.2. The van der Waals surface area contributed by atoms with Crippen molar-refractivity contribution in [3.8, 4) is 0 Å². The summed E-state index contributed by atoms with van der Waals surface area (Å²) in [5.41, 5.74) is 5.23. The van der Waals surface area contributed by atoms with Gasteiger partial charge in [0.15, 0.2) is 11.6 Å². The Hall–Kier alpha value is -5.83. The topological polar surface area (TPSA) is 415 Å². The molecule has 0 aromatic heterocycles. The summed E-state index contributed by atoms with van der Waals surface area (Å²) in [6.45, 7) is 16.7. The molecule has 1 atom stereocenters. The second-order valence-corrected chi connectivity index (χ2v) is 21.1. The first-order chi connectivity index (χ1) is 41.0. The molecule has 86 heavy (non-hydrogen) atoms. The lowest BCUT2D eigenvalue weighted by Crippen LogP contribution is -2.57. The van der Waals surface area contributed by atoms with Crippen molar-refractivity contribution < 1.29 is 91.5 Å². The average Bonchev–Trinajstić information content (AvgIpc) is 3.67. The smallest absolute Gasteiger partial charge is 0.246 e. The second-order valence-electron chi connectivity index (χ2n) is 21.1. The molecule has 0 saturated heterocycles. The molecule has 496 valence electrons. The zero-order valence-corrected chi connectivity index (χ0v) is 52.0. The third-order valence-corrected chi connectivity index (χ3v) is 12.9. The summed E-state index contributed by atoms with van der Waals surface area (Å²) >= 11 is 0. The molecule has 0 saturated carbocycles. The fourth-order valence-corrected chi connectivity index (χ4v) is 7.16. The van der Waals surface area contributed by atoms with Gasteiger partial charge in [-0.05, 0) is 80.6 Å². The molecule has 12 N–H and O–H groups in total. The van der Waals surface area contributed by atoms with Crippen molar-refractivity contribution in [3.63, 3.8) is 0 Å². The van der Waals surface area contributed by atoms with Gasteiger partial charge in [0.25, 0.3) is 0 Å². The van der Waals surface area contributed by atoms with Gasteiger partial charge in [-0.2, -0.15) is 0 Å². The number of ether oxygens (including phenoxy) is 8. The highest BCUT2D eigenvalue weighted by Gasteiger charge is 2.27. The van der Waals surface area contributed by atoms with Crippen LogP contribution >= 0.6 is 0 Å². The fraction of sp³-hybridized carbons (Fsp3) is 0.804. The van der Waals surface area contributed by atoms with Crippen LogP contribution in [0.15, 0.2) is 10.3 Å². The maximum absolute atomic E-state index is 12.9. The average molecular weight is 1230 g/mol. The van der Waals surface area contributed by atoms with Gasteiger partial charge < -0.3 is 96.6 Å². The summed E-state index contributed by atoms with van der Waals surface area (Å²) in [5, 5.41) is 48.2. The molecule has 0 heterocycles. The highest BCUT2D eigenvalue weighted by molar-refractivity contribution is 5.90. The van der Waals surface area contributed by atoms with E-state index in [1.54, 1.807) is 13.8 Å². The summed E-state index contributed by atoms with van der Waals surface area (Å²) in [6, 6.07) is -0.390. The van der Waals surface area contributed by atoms with E-state index in [1.165, 1.54) is 6.92 Å². The summed E-state index contributed by atoms with van der Waals surface area (Å²) in [4.78, 5) is 109. The monoisotopic (exact) mass is 1230 g/mol. The number of primary amides is 1. The van der Waals surface area contributed by atoms with Crippen molar-refractivity contribution >= 4 is 64.3 Å². The Kier molecular flexibility index (Phi) is 47.8. The van der Waals surface area contributed by atoms with Crippen LogP contribution in [0.3, 0.4) is 0 Å². The van der Waals surface area contributed by atoms with Crippen LogP contribution in [0.5, 0.6) is 0 Å². The summed E-state index contributed by atoms with van der Waals surface area (Å²) in [7, 11) is 0. The molecule has 0 aliphatic rings. The molecule has 0 radical (unpaired) electrons. The summed E-state index contributed by atoms with van der Waals surface area (Å²) < 4.78 is 42.6. The Bertz CT molecular complexity index is 1980. The molecule has 0 aliphatic heterocycles. The molecular weight excluding hydrogens is 1130 g/mol. The Balaban J connectivity index is 3.91. The SMILES string of the molecule is CC(=O)COCCOCCNC(=O)COCCOCCNC(=O)CCCC(=O)NCCOCCOCC(=O)NCCOCCOCC(=O)CC[C@@H](CCCCNC(=O)CCCC(=O)NC(CNC(C)(C)/C(C)=N/O)CNC(C)(C)/C(C)=N/O)C(N)=O. The lowest BCUT2D eigenvalue weighted by atomic mass is 9.95. The number of carbonyl (C=O) groups excluding carboxylic acids is 9. The van der Waals surface area contributed by atoms with E-state index in [4.69, 9.17) is 43.6 Å². The molecule has 30 nitrogen and oxygen atoms in total. The van der Waals surface area contributed by atoms with E-state index in [1.807, 2.05) is 27.7 Å². The lowest BCUT2D eigenvalue weighted by Gasteiger charge is -2.32. The van der Waals surface area contributed by atoms with Crippen molar-refractivity contribution in [2.24, 2.45) is 22.0 Å². The van der Waals surface area contributed by atoms with Gasteiger partial charge in [0.2, 0.25) is 41.4 Å². The summed E-state index contributed by atoms with van der Waals surface area (Å²) in [5.74, 6) is -2.79. The van der Waals surface area contributed by atoms with Gasteiger partial charge in [0.1, 0.15) is 26.4 Å². The largest absolute Gasteiger partial charge is 0.411 e. The quantitative estimate of drug-likeness (QED) is 0.0153. The minimum absolute atomic E-state index is 0.0486. The van der Waals surface area contributed by atoms with Gasteiger partial charge in [0, 0.05) is 83.8 Å². The van der Waals surface area contributed by atoms with Gasteiger partial charge >= 0.3 is 0 Å². The third-order valence-electron chi connectivity index (χ3n) is 12.9. The zero-order chi connectivity index (χ0) is 64.3. The van der Waals surface area contributed by atoms with Gasteiger partial charge in [0.05, 0.1) is 108 Å². The van der Waals surface area contributed by atoms with Crippen LogP contribution in [0, 0.1) is 5.92 Å². The molecular formula is C56H103N11O19. The number of amides is 7. The first-order valence-electron chi connectivity index (χ1n) is 29.5. The van der Waals surface area contributed by atoms with Gasteiger partial charge in [-0.1, -0.05) is 16.7 Å². The van der Waals surface area contributed by atoms with Gasteiger partial charge in [-0.15, -0.1) is 0 Å². The molecule has 7 amide bonds. The standard InChI is InChI=1S/C56H103N11O19/c1-42(68)38-83-32-28-81-26-22-61-52(74)40-85-34-30-79-24-20-59-49(71)13-10-14-50(72)60-21-25-80-31-35-86-41-53(75)62-23-27-82-29-33-84-39-47(69)18-17-45(54(57)76)12-8-9-19-58-48(70)15-11-16-51(73)65-46(36-63-55(4,5)43(2)66-77)37-64-56(6,7)44(3)67-78/h45-46,63-64,77-78H,8-41H2,1-7H3,(H2,57,76)(H,58,70)(H,59,71)(H,60,72)(H,61,74)(H,62,75)(H,65,73)/b66-43+,67-44+/t45-/m1/s1. The number of carbonyl (C=O) groups is 9. The molecule has 0 aromatic carbocycles. The number of nitrogens with zero attached hydrogens (tertiary/aromatic N) is 2. The number of hydrogen-bond acceptors (Lipinski definition) is 23. The minimum atomic E-state index is -0.652. The first kappa shape index (κ1) is 80.2. The third kappa shape index (κ3) is 47.3. The molecule has 0 fully saturated rings. The highest BCUT2D eigenvalue weighted by Crippen LogP contribution is 2.15. The zero-order valence-electron chi connectivity index (χ0n) is 52.0. The van der Waals surface area contributed by atoms with E-state index in [0.29, 0.717) is 89.5 Å². The van der Waals surface area contributed by atoms with Crippen LogP contribution < -0.4 is 48.3 Å². The molecule has 0 aromatic rings. The number of nitrogens with two attached hydrogens (primary N) is 1. The predicted octanol–water partition coefficient (Wildman–Crippen LogP) is -0.828. The summed E-state index contributed by atoms with van der Waals surface area (Å²) in [6.07, 6.45) is 3.31. The maximum Gasteiger partial charge on any atom is 0.246 e. The normalized spacial score (nSPS) is 12.4. The van der Waals surface area contributed by atoms with Crippen molar-refractivity contribution in [3.05, 3.63) is 0 Å². The number of hydrogen-bond donors (Lipinski definition) is 11. The number of unbranched alkanes of at least 4 members (excludes halogenated alkanes) is 1. The number of nitrogens with one attached hydrogen (secondary N) is 8. The van der Waals surface area contributed by atoms with Crippen LogP contribution in [0.1, 0.15) is 119 Å². The number of rotatable bonds is 58. The minimum Gasteiger partial charge on any atom is -0.411 e. The van der Waals surface area contributed by atoms with Crippen molar-refractivity contribution in [1.82, 2.24) is 42.5 Å². The Morgan fingerprint density at radius 1 is 0.419 bits per heavy atom. The molecule has 0 bridgehead atoms. The highest BCUT2D eigenvalue weighted by atomic mass is 16.5. The van der Waals surface area contributed by atoms with E-state index >= 15 is 0 Å². The van der Waals surface area contributed by atoms with E-state index in [2.05, 4.69) is 52.8 Å². The fourth-order valence-electron chi connectivity index (χ4n) is 7.16. The lowest BCUT2D eigenvalue weighted by molar-refractivity contribution is -0.127. The van der Waals surface area contributed by atoms with Crippen LogP contribution in [-0.4, -0.2) is 243 Å². The van der Waals surface area contributed by atoms with Gasteiger partial charge in [-0.25, -0.2) is 0 Å². The van der Waals surface area contributed by atoms with E-state index in [-0.39, 0.29) is 197 Å². The van der Waals surface area contributed by atoms with Crippen LogP contribution in [0.4, 0.5) is 0 Å². The predicted molar refractivity (Wildman–Crippen MR) is 317 cm³/mol. The molecule has 0 spiro atoms.